The molecular weight excluding hydrogens is 470 g/mol. The monoisotopic (exact) mass is 493 g/mol. The van der Waals surface area contributed by atoms with Gasteiger partial charge in [0.2, 0.25) is 5.76 Å². The molecule has 0 radical (unpaired) electrons. The van der Waals surface area contributed by atoms with Crippen LogP contribution in [0.4, 0.5) is 5.69 Å². The number of anilines is 1. The van der Waals surface area contributed by atoms with Gasteiger partial charge in [-0.15, -0.1) is 0 Å². The van der Waals surface area contributed by atoms with Crippen molar-refractivity contribution in [3.63, 3.8) is 0 Å². The first-order valence-electron chi connectivity index (χ1n) is 10.8. The number of para-hydroxylation sites is 2. The third kappa shape index (κ3) is 4.76. The molecule has 4 aromatic rings. The molecule has 0 bridgehead atoms. The van der Waals surface area contributed by atoms with Gasteiger partial charge in [-0.3, -0.25) is 4.31 Å². The Hall–Kier alpha value is -4.11. The number of sulfonamides is 1. The predicted octanol–water partition coefficient (Wildman–Crippen LogP) is 4.79. The number of benzene rings is 3. The Bertz CT molecular complexity index is 1480. The lowest BCUT2D eigenvalue weighted by molar-refractivity contribution is 0.0432. The van der Waals surface area contributed by atoms with E-state index in [9.17, 15) is 18.0 Å². The maximum absolute atomic E-state index is 13.3. The van der Waals surface area contributed by atoms with Crippen molar-refractivity contribution in [1.29, 1.82) is 0 Å². The van der Waals surface area contributed by atoms with Crippen molar-refractivity contribution in [2.24, 2.45) is 0 Å². The first kappa shape index (κ1) is 24.0. The maximum atomic E-state index is 13.3. The van der Waals surface area contributed by atoms with Crippen LogP contribution >= 0.6 is 0 Å². The molecule has 1 heterocycles. The van der Waals surface area contributed by atoms with Gasteiger partial charge < -0.3 is 13.9 Å². The topological polar surface area (TPSA) is 103 Å². The first-order valence-corrected chi connectivity index (χ1v) is 12.3. The number of nitrogens with zero attached hydrogens (tertiary/aromatic N) is 1. The first-order chi connectivity index (χ1) is 16.8. The van der Waals surface area contributed by atoms with Crippen molar-refractivity contribution in [2.75, 3.05) is 18.0 Å². The summed E-state index contributed by atoms with van der Waals surface area (Å²) in [7, 11) is -2.65. The lowest BCUT2D eigenvalue weighted by Gasteiger charge is -2.20. The molecule has 0 saturated carbocycles. The van der Waals surface area contributed by atoms with Gasteiger partial charge in [-0.1, -0.05) is 48.5 Å². The van der Waals surface area contributed by atoms with Crippen molar-refractivity contribution in [2.45, 2.75) is 18.4 Å². The molecule has 0 atom stereocenters. The van der Waals surface area contributed by atoms with Gasteiger partial charge in [0.25, 0.3) is 10.0 Å². The normalized spacial score (nSPS) is 11.3. The van der Waals surface area contributed by atoms with E-state index in [4.69, 9.17) is 13.9 Å². The number of carbonyl (C=O) groups is 2. The van der Waals surface area contributed by atoms with Crippen LogP contribution in [0.15, 0.2) is 88.2 Å². The van der Waals surface area contributed by atoms with Gasteiger partial charge in [0, 0.05) is 12.4 Å². The standard InChI is InChI=1S/C26H23NO7S/c1-3-32-26(29)24-21(19-13-7-9-15-22(19)34-24)17-33-25(28)20-14-8-10-16-23(20)35(30,31)27(2)18-11-5-4-6-12-18/h4-16H,3,17H2,1-2H3. The molecule has 0 N–H and O–H groups in total. The molecule has 1 aromatic heterocycles. The summed E-state index contributed by atoms with van der Waals surface area (Å²) in [6.07, 6.45) is 0. The van der Waals surface area contributed by atoms with Gasteiger partial charge in [-0.05, 0) is 37.3 Å². The van der Waals surface area contributed by atoms with E-state index in [0.717, 1.165) is 4.31 Å². The molecule has 0 unspecified atom stereocenters. The predicted molar refractivity (Wildman–Crippen MR) is 130 cm³/mol. The highest BCUT2D eigenvalue weighted by atomic mass is 32.2. The summed E-state index contributed by atoms with van der Waals surface area (Å²) < 4.78 is 43.9. The molecule has 0 spiro atoms. The second-order valence-corrected chi connectivity index (χ2v) is 9.44. The van der Waals surface area contributed by atoms with Gasteiger partial charge >= 0.3 is 11.9 Å². The van der Waals surface area contributed by atoms with Crippen LogP contribution < -0.4 is 4.31 Å². The van der Waals surface area contributed by atoms with E-state index in [2.05, 4.69) is 0 Å². The van der Waals surface area contributed by atoms with Crippen LogP contribution in [0.5, 0.6) is 0 Å². The Morgan fingerprint density at radius 3 is 2.26 bits per heavy atom. The third-order valence-corrected chi connectivity index (χ3v) is 7.22. The van der Waals surface area contributed by atoms with Crippen molar-refractivity contribution in [3.8, 4) is 0 Å². The van der Waals surface area contributed by atoms with Crippen LogP contribution in [0.3, 0.4) is 0 Å². The van der Waals surface area contributed by atoms with Crippen LogP contribution in [-0.2, 0) is 26.1 Å². The average molecular weight is 494 g/mol. The molecule has 0 aliphatic heterocycles. The number of rotatable bonds is 8. The minimum atomic E-state index is -4.06. The van der Waals surface area contributed by atoms with E-state index in [1.165, 1.54) is 25.2 Å². The molecular formula is C26H23NO7S. The fourth-order valence-corrected chi connectivity index (χ4v) is 4.98. The number of ether oxygens (including phenoxy) is 2. The number of hydrogen-bond donors (Lipinski definition) is 0. The molecule has 8 nitrogen and oxygen atoms in total. The fourth-order valence-electron chi connectivity index (χ4n) is 3.60. The van der Waals surface area contributed by atoms with Gasteiger partial charge in [-0.25, -0.2) is 18.0 Å². The van der Waals surface area contributed by atoms with Gasteiger partial charge in [0.05, 0.1) is 23.4 Å². The Morgan fingerprint density at radius 2 is 1.51 bits per heavy atom. The highest BCUT2D eigenvalue weighted by Gasteiger charge is 2.28. The lowest BCUT2D eigenvalue weighted by Crippen LogP contribution is -2.28. The van der Waals surface area contributed by atoms with Crippen LogP contribution in [0.1, 0.15) is 33.4 Å². The van der Waals surface area contributed by atoms with Gasteiger partial charge in [-0.2, -0.15) is 0 Å². The molecule has 9 heteroatoms. The largest absolute Gasteiger partial charge is 0.460 e. The van der Waals surface area contributed by atoms with E-state index in [-0.39, 0.29) is 29.4 Å². The Balaban J connectivity index is 1.64. The molecule has 0 aliphatic rings. The van der Waals surface area contributed by atoms with E-state index in [1.807, 2.05) is 0 Å². The molecule has 0 saturated heterocycles. The number of carbonyl (C=O) groups excluding carboxylic acids is 2. The van der Waals surface area contributed by atoms with Crippen molar-refractivity contribution in [1.82, 2.24) is 0 Å². The fraction of sp³-hybridized carbons (Fsp3) is 0.154. The minimum absolute atomic E-state index is 0.0643. The lowest BCUT2D eigenvalue weighted by atomic mass is 10.1. The van der Waals surface area contributed by atoms with Crippen LogP contribution in [0, 0.1) is 0 Å². The third-order valence-electron chi connectivity index (χ3n) is 5.37. The highest BCUT2D eigenvalue weighted by molar-refractivity contribution is 7.92. The Kier molecular flexibility index (Phi) is 6.88. The molecule has 0 fully saturated rings. The summed E-state index contributed by atoms with van der Waals surface area (Å²) in [4.78, 5) is 25.3. The number of fused-ring (bicyclic) bond motifs is 1. The second-order valence-electron chi connectivity index (χ2n) is 7.51. The van der Waals surface area contributed by atoms with Gasteiger partial charge in [0.1, 0.15) is 17.1 Å². The summed E-state index contributed by atoms with van der Waals surface area (Å²) in [6.45, 7) is 1.51. The van der Waals surface area contributed by atoms with E-state index in [0.29, 0.717) is 22.2 Å². The van der Waals surface area contributed by atoms with Gasteiger partial charge in [0.15, 0.2) is 0 Å². The van der Waals surface area contributed by atoms with Crippen molar-refractivity contribution >= 4 is 38.6 Å². The maximum Gasteiger partial charge on any atom is 0.374 e. The van der Waals surface area contributed by atoms with Crippen LogP contribution in [0.2, 0.25) is 0 Å². The summed E-state index contributed by atoms with van der Waals surface area (Å²) >= 11 is 0. The quantitative estimate of drug-likeness (QED) is 0.325. The molecule has 180 valence electrons. The number of furan rings is 1. The zero-order valence-corrected chi connectivity index (χ0v) is 19.9. The minimum Gasteiger partial charge on any atom is -0.460 e. The second kappa shape index (κ2) is 10.0. The highest BCUT2D eigenvalue weighted by Crippen LogP contribution is 2.29. The summed E-state index contributed by atoms with van der Waals surface area (Å²) in [5.41, 5.74) is 1.10. The summed E-state index contributed by atoms with van der Waals surface area (Å²) in [5.74, 6) is -1.60. The van der Waals surface area contributed by atoms with Crippen LogP contribution in [0.25, 0.3) is 11.0 Å². The van der Waals surface area contributed by atoms with Crippen molar-refractivity contribution in [3.05, 3.63) is 95.7 Å². The SMILES string of the molecule is CCOC(=O)c1oc2ccccc2c1COC(=O)c1ccccc1S(=O)(=O)N(C)c1ccccc1. The summed E-state index contributed by atoms with van der Waals surface area (Å²) in [5, 5.41) is 0.591. The molecule has 4 rings (SSSR count). The van der Waals surface area contributed by atoms with Crippen LogP contribution in [-0.4, -0.2) is 34.0 Å². The summed E-state index contributed by atoms with van der Waals surface area (Å²) in [6, 6.07) is 21.3. The zero-order chi connectivity index (χ0) is 25.0. The molecule has 3 aromatic carbocycles. The van der Waals surface area contributed by atoms with E-state index < -0.39 is 22.0 Å². The average Bonchev–Trinajstić information content (AvgIpc) is 3.26. The van der Waals surface area contributed by atoms with E-state index >= 15 is 0 Å². The van der Waals surface area contributed by atoms with E-state index in [1.54, 1.807) is 67.6 Å². The molecule has 35 heavy (non-hydrogen) atoms. The zero-order valence-electron chi connectivity index (χ0n) is 19.1. The number of hydrogen-bond acceptors (Lipinski definition) is 7. The Morgan fingerprint density at radius 1 is 0.857 bits per heavy atom. The molecule has 0 amide bonds. The smallest absolute Gasteiger partial charge is 0.374 e. The number of esters is 2. The molecule has 0 aliphatic carbocycles. The van der Waals surface area contributed by atoms with Crippen molar-refractivity contribution < 1.29 is 31.9 Å². The Labute approximate surface area is 202 Å².